The summed E-state index contributed by atoms with van der Waals surface area (Å²) in [5.41, 5.74) is 1.63. The van der Waals surface area contributed by atoms with Gasteiger partial charge in [0, 0.05) is 29.3 Å². The molecule has 0 bridgehead atoms. The fourth-order valence-electron chi connectivity index (χ4n) is 2.07. The van der Waals surface area contributed by atoms with Crippen LogP contribution in [0.5, 0.6) is 0 Å². The molecule has 24 heavy (non-hydrogen) atoms. The lowest BCUT2D eigenvalue weighted by atomic mass is 10.1. The van der Waals surface area contributed by atoms with Crippen molar-refractivity contribution in [1.29, 1.82) is 0 Å². The van der Waals surface area contributed by atoms with Crippen LogP contribution in [0, 0.1) is 5.92 Å². The molecule has 1 aromatic heterocycles. The molecule has 0 aliphatic carbocycles. The van der Waals surface area contributed by atoms with Gasteiger partial charge in [-0.2, -0.15) is 0 Å². The molecule has 0 fully saturated rings. The molecule has 0 aliphatic heterocycles. The van der Waals surface area contributed by atoms with E-state index in [-0.39, 0.29) is 18.6 Å². The fraction of sp³-hybridized carbons (Fsp3) is 0.316. The van der Waals surface area contributed by atoms with E-state index in [1.165, 1.54) is 6.08 Å². The molecule has 0 unspecified atom stereocenters. The molecule has 5 nitrogen and oxygen atoms in total. The third kappa shape index (κ3) is 4.91. The summed E-state index contributed by atoms with van der Waals surface area (Å²) in [6.45, 7) is 5.65. The topological polar surface area (TPSA) is 68.3 Å². The molecule has 5 heteroatoms. The van der Waals surface area contributed by atoms with Crippen LogP contribution in [0.3, 0.4) is 0 Å². The first kappa shape index (κ1) is 17.7. The molecular formula is C19H22N2O3. The number of nitrogens with zero attached hydrogens (tertiary/aromatic N) is 1. The van der Waals surface area contributed by atoms with Crippen LogP contribution in [0.4, 0.5) is 0 Å². The standard InChI is InChI=1S/C19H22N2O3/c1-13(2)14(3)21-17(22)12-24-18(23)10-9-16-7-4-6-15-8-5-11-20-19(15)16/h4-11,13-14H,12H2,1-3H3,(H,21,22)/b10-9+/t14-/m0/s1. The van der Waals surface area contributed by atoms with Crippen molar-refractivity contribution >= 4 is 28.9 Å². The second-order valence-corrected chi connectivity index (χ2v) is 5.96. The van der Waals surface area contributed by atoms with E-state index in [1.807, 2.05) is 51.1 Å². The number of pyridine rings is 1. The van der Waals surface area contributed by atoms with E-state index < -0.39 is 5.97 Å². The molecule has 0 aliphatic rings. The van der Waals surface area contributed by atoms with Gasteiger partial charge in [0.15, 0.2) is 6.61 Å². The van der Waals surface area contributed by atoms with E-state index in [1.54, 1.807) is 12.3 Å². The highest BCUT2D eigenvalue weighted by Gasteiger charge is 2.11. The Kier molecular flexibility index (Phi) is 6.07. The van der Waals surface area contributed by atoms with Crippen LogP contribution >= 0.6 is 0 Å². The lowest BCUT2D eigenvalue weighted by Crippen LogP contribution is -2.38. The summed E-state index contributed by atoms with van der Waals surface area (Å²) < 4.78 is 4.96. The molecule has 2 aromatic rings. The van der Waals surface area contributed by atoms with Crippen LogP contribution in [0.1, 0.15) is 26.3 Å². The van der Waals surface area contributed by atoms with Gasteiger partial charge >= 0.3 is 5.97 Å². The van der Waals surface area contributed by atoms with Gasteiger partial charge in [-0.1, -0.05) is 38.1 Å². The van der Waals surface area contributed by atoms with Crippen molar-refractivity contribution < 1.29 is 14.3 Å². The van der Waals surface area contributed by atoms with Gasteiger partial charge in [0.05, 0.1) is 5.52 Å². The van der Waals surface area contributed by atoms with E-state index in [9.17, 15) is 9.59 Å². The summed E-state index contributed by atoms with van der Waals surface area (Å²) in [5.74, 6) is -0.538. The van der Waals surface area contributed by atoms with Gasteiger partial charge in [0.1, 0.15) is 0 Å². The Labute approximate surface area is 141 Å². The van der Waals surface area contributed by atoms with Crippen molar-refractivity contribution in [3.63, 3.8) is 0 Å². The number of benzene rings is 1. The molecule has 0 saturated heterocycles. The van der Waals surface area contributed by atoms with Gasteiger partial charge in [0.2, 0.25) is 0 Å². The van der Waals surface area contributed by atoms with Crippen LogP contribution in [0.15, 0.2) is 42.6 Å². The van der Waals surface area contributed by atoms with Crippen molar-refractivity contribution in [1.82, 2.24) is 10.3 Å². The lowest BCUT2D eigenvalue weighted by Gasteiger charge is -2.16. The number of esters is 1. The Morgan fingerprint density at radius 2 is 1.96 bits per heavy atom. The summed E-state index contributed by atoms with van der Waals surface area (Å²) in [6.07, 6.45) is 4.66. The van der Waals surface area contributed by atoms with Gasteiger partial charge in [-0.25, -0.2) is 4.79 Å². The summed E-state index contributed by atoms with van der Waals surface area (Å²) in [4.78, 5) is 27.8. The van der Waals surface area contributed by atoms with Crippen LogP contribution in [-0.2, 0) is 14.3 Å². The third-order valence-electron chi connectivity index (χ3n) is 3.80. The third-order valence-corrected chi connectivity index (χ3v) is 3.80. The van der Waals surface area contributed by atoms with Crippen LogP contribution in [0.2, 0.25) is 0 Å². The number of hydrogen-bond acceptors (Lipinski definition) is 4. The molecule has 1 atom stereocenters. The molecule has 0 saturated carbocycles. The summed E-state index contributed by atoms with van der Waals surface area (Å²) in [6, 6.07) is 9.58. The zero-order valence-corrected chi connectivity index (χ0v) is 14.2. The number of rotatable bonds is 6. The molecule has 1 N–H and O–H groups in total. The molecule has 1 amide bonds. The number of para-hydroxylation sites is 1. The number of hydrogen-bond donors (Lipinski definition) is 1. The van der Waals surface area contributed by atoms with Gasteiger partial charge in [-0.3, -0.25) is 9.78 Å². The number of carbonyl (C=O) groups is 2. The van der Waals surface area contributed by atoms with Crippen molar-refractivity contribution in [3.8, 4) is 0 Å². The van der Waals surface area contributed by atoms with Crippen molar-refractivity contribution in [2.45, 2.75) is 26.8 Å². The minimum atomic E-state index is -0.560. The maximum Gasteiger partial charge on any atom is 0.331 e. The van der Waals surface area contributed by atoms with Gasteiger partial charge < -0.3 is 10.1 Å². The Bertz CT molecular complexity index is 748. The number of carbonyl (C=O) groups excluding carboxylic acids is 2. The zero-order valence-electron chi connectivity index (χ0n) is 14.2. The number of fused-ring (bicyclic) bond motifs is 1. The highest BCUT2D eigenvalue weighted by molar-refractivity contribution is 5.93. The first-order valence-electron chi connectivity index (χ1n) is 7.95. The number of nitrogens with one attached hydrogen (secondary N) is 1. The fourth-order valence-corrected chi connectivity index (χ4v) is 2.07. The van der Waals surface area contributed by atoms with Crippen molar-refractivity contribution in [2.24, 2.45) is 5.92 Å². The molecule has 0 radical (unpaired) electrons. The minimum Gasteiger partial charge on any atom is -0.452 e. The van der Waals surface area contributed by atoms with Crippen molar-refractivity contribution in [2.75, 3.05) is 6.61 Å². The number of aromatic nitrogens is 1. The smallest absolute Gasteiger partial charge is 0.331 e. The Morgan fingerprint density at radius 3 is 2.71 bits per heavy atom. The second-order valence-electron chi connectivity index (χ2n) is 5.96. The van der Waals surface area contributed by atoms with Crippen LogP contribution in [-0.4, -0.2) is 29.5 Å². The predicted octanol–water partition coefficient (Wildman–Crippen LogP) is 2.95. The lowest BCUT2D eigenvalue weighted by molar-refractivity contribution is -0.144. The number of amides is 1. The van der Waals surface area contributed by atoms with E-state index >= 15 is 0 Å². The monoisotopic (exact) mass is 326 g/mol. The van der Waals surface area contributed by atoms with E-state index in [0.29, 0.717) is 5.92 Å². The second kappa shape index (κ2) is 8.24. The maximum absolute atomic E-state index is 11.8. The van der Waals surface area contributed by atoms with E-state index in [0.717, 1.165) is 16.5 Å². The highest BCUT2D eigenvalue weighted by atomic mass is 16.5. The van der Waals surface area contributed by atoms with Crippen LogP contribution in [0.25, 0.3) is 17.0 Å². The number of ether oxygens (including phenoxy) is 1. The van der Waals surface area contributed by atoms with E-state index in [4.69, 9.17) is 4.74 Å². The highest BCUT2D eigenvalue weighted by Crippen LogP contribution is 2.17. The maximum atomic E-state index is 11.8. The van der Waals surface area contributed by atoms with E-state index in [2.05, 4.69) is 10.3 Å². The van der Waals surface area contributed by atoms with Gasteiger partial charge in [-0.15, -0.1) is 0 Å². The molecule has 0 spiro atoms. The van der Waals surface area contributed by atoms with Gasteiger partial charge in [-0.05, 0) is 25.0 Å². The molecule has 126 valence electrons. The first-order valence-corrected chi connectivity index (χ1v) is 7.95. The summed E-state index contributed by atoms with van der Waals surface area (Å²) in [5, 5.41) is 3.78. The molecular weight excluding hydrogens is 304 g/mol. The predicted molar refractivity (Wildman–Crippen MR) is 94.2 cm³/mol. The largest absolute Gasteiger partial charge is 0.452 e. The molecule has 1 heterocycles. The first-order chi connectivity index (χ1) is 11.5. The Balaban J connectivity index is 1.92. The zero-order chi connectivity index (χ0) is 17.5. The minimum absolute atomic E-state index is 0.0356. The van der Waals surface area contributed by atoms with Crippen molar-refractivity contribution in [3.05, 3.63) is 48.2 Å². The average Bonchev–Trinajstić information content (AvgIpc) is 2.57. The SMILES string of the molecule is CC(C)[C@H](C)NC(=O)COC(=O)/C=C/c1cccc2cccnc12. The molecule has 1 aromatic carbocycles. The quantitative estimate of drug-likeness (QED) is 0.654. The Hall–Kier alpha value is -2.69. The van der Waals surface area contributed by atoms with Gasteiger partial charge in [0.25, 0.3) is 5.91 Å². The van der Waals surface area contributed by atoms with Crippen LogP contribution < -0.4 is 5.32 Å². The summed E-state index contributed by atoms with van der Waals surface area (Å²) >= 11 is 0. The average molecular weight is 326 g/mol. The summed E-state index contributed by atoms with van der Waals surface area (Å²) in [7, 11) is 0. The molecule has 2 rings (SSSR count). The normalized spacial score (nSPS) is 12.5. The Morgan fingerprint density at radius 1 is 1.21 bits per heavy atom.